The number of aromatic nitrogens is 5. The van der Waals surface area contributed by atoms with Crippen molar-refractivity contribution in [1.82, 2.24) is 24.3 Å². The second kappa shape index (κ2) is 7.08. The highest BCUT2D eigenvalue weighted by Crippen LogP contribution is 2.24. The van der Waals surface area contributed by atoms with Gasteiger partial charge in [0.1, 0.15) is 11.5 Å². The molecule has 4 aromatic heterocycles. The van der Waals surface area contributed by atoms with E-state index in [1.165, 1.54) is 10.6 Å². The summed E-state index contributed by atoms with van der Waals surface area (Å²) in [5, 5.41) is 0. The number of aryl methyl sites for hydroxylation is 3. The lowest BCUT2D eigenvalue weighted by atomic mass is 10.2. The molecule has 0 radical (unpaired) electrons. The van der Waals surface area contributed by atoms with Gasteiger partial charge in [0.25, 0.3) is 0 Å². The number of fused-ring (bicyclic) bond motifs is 1. The first-order valence-corrected chi connectivity index (χ1v) is 9.81. The zero-order valence-electron chi connectivity index (χ0n) is 16.0. The van der Waals surface area contributed by atoms with Crippen LogP contribution in [0.3, 0.4) is 0 Å². The Balaban J connectivity index is 1.70. The second-order valence-corrected chi connectivity index (χ2v) is 7.82. The number of hydrogen-bond acceptors (Lipinski definition) is 6. The summed E-state index contributed by atoms with van der Waals surface area (Å²) in [6.45, 7) is 7.01. The van der Waals surface area contributed by atoms with Gasteiger partial charge in [0, 0.05) is 36.1 Å². The van der Waals surface area contributed by atoms with Gasteiger partial charge in [-0.3, -0.25) is 9.38 Å². The molecule has 0 unspecified atom stereocenters. The third kappa shape index (κ3) is 3.42. The molecule has 0 fully saturated rings. The highest BCUT2D eigenvalue weighted by atomic mass is 32.1. The van der Waals surface area contributed by atoms with E-state index in [0.717, 1.165) is 40.8 Å². The molecular weight excluding hydrogens is 356 g/mol. The van der Waals surface area contributed by atoms with Gasteiger partial charge < -0.3 is 4.90 Å². The molecule has 6 nitrogen and oxygen atoms in total. The predicted molar refractivity (Wildman–Crippen MR) is 109 cm³/mol. The molecule has 0 saturated heterocycles. The maximum Gasteiger partial charge on any atom is 0.194 e. The van der Waals surface area contributed by atoms with Crippen LogP contribution in [0.15, 0.2) is 36.7 Å². The molecule has 4 rings (SSSR count). The van der Waals surface area contributed by atoms with Crippen LogP contribution in [-0.4, -0.2) is 31.4 Å². The van der Waals surface area contributed by atoms with Crippen molar-refractivity contribution in [3.63, 3.8) is 0 Å². The number of imidazole rings is 1. The summed E-state index contributed by atoms with van der Waals surface area (Å²) in [6.07, 6.45) is 4.77. The average molecular weight is 379 g/mol. The Bertz CT molecular complexity index is 1080. The molecule has 0 atom stereocenters. The minimum absolute atomic E-state index is 0.665. The molecule has 0 amide bonds. The maximum absolute atomic E-state index is 4.77. The standard InChI is InChI=1S/C20H22N6S/c1-5-15-10-18(24-19(23-15)16-8-6-7-9-21-16)25(4)12-17-14(3)22-20-26(17)11-13(2)27-20/h6-11H,5,12H2,1-4H3. The highest BCUT2D eigenvalue weighted by molar-refractivity contribution is 7.17. The van der Waals surface area contributed by atoms with Crippen LogP contribution in [0.1, 0.15) is 28.9 Å². The van der Waals surface area contributed by atoms with Crippen LogP contribution in [0, 0.1) is 13.8 Å². The highest BCUT2D eigenvalue weighted by Gasteiger charge is 2.16. The van der Waals surface area contributed by atoms with E-state index >= 15 is 0 Å². The molecule has 4 aromatic rings. The number of rotatable bonds is 5. The molecule has 0 aliphatic carbocycles. The van der Waals surface area contributed by atoms with Crippen molar-refractivity contribution >= 4 is 22.1 Å². The molecule has 4 heterocycles. The normalized spacial score (nSPS) is 11.3. The van der Waals surface area contributed by atoms with E-state index in [1.54, 1.807) is 17.5 Å². The van der Waals surface area contributed by atoms with Crippen molar-refractivity contribution in [3.8, 4) is 11.5 Å². The first kappa shape index (κ1) is 17.6. The second-order valence-electron chi connectivity index (χ2n) is 6.60. The fourth-order valence-corrected chi connectivity index (χ4v) is 3.96. The van der Waals surface area contributed by atoms with Crippen LogP contribution in [0.5, 0.6) is 0 Å². The number of pyridine rings is 1. The fourth-order valence-electron chi connectivity index (χ4n) is 3.07. The summed E-state index contributed by atoms with van der Waals surface area (Å²) < 4.78 is 2.19. The molecule has 0 aliphatic rings. The van der Waals surface area contributed by atoms with Gasteiger partial charge in [0.15, 0.2) is 10.8 Å². The summed E-state index contributed by atoms with van der Waals surface area (Å²) in [5.74, 6) is 1.56. The molecule has 0 saturated carbocycles. The zero-order valence-corrected chi connectivity index (χ0v) is 16.8. The molecule has 27 heavy (non-hydrogen) atoms. The Morgan fingerprint density at radius 3 is 2.74 bits per heavy atom. The number of thiazole rings is 1. The monoisotopic (exact) mass is 378 g/mol. The Morgan fingerprint density at radius 1 is 1.15 bits per heavy atom. The fraction of sp³-hybridized carbons (Fsp3) is 0.300. The number of anilines is 1. The summed E-state index contributed by atoms with van der Waals surface area (Å²) in [4.78, 5) is 23.0. The van der Waals surface area contributed by atoms with Gasteiger partial charge in [0.05, 0.1) is 17.9 Å². The van der Waals surface area contributed by atoms with Crippen LogP contribution in [-0.2, 0) is 13.0 Å². The first-order chi connectivity index (χ1) is 13.0. The van der Waals surface area contributed by atoms with Crippen molar-refractivity contribution < 1.29 is 0 Å². The van der Waals surface area contributed by atoms with E-state index in [2.05, 4.69) is 59.4 Å². The maximum atomic E-state index is 4.77. The van der Waals surface area contributed by atoms with Gasteiger partial charge in [-0.25, -0.2) is 15.0 Å². The van der Waals surface area contributed by atoms with Gasteiger partial charge in [0.2, 0.25) is 0 Å². The predicted octanol–water partition coefficient (Wildman–Crippen LogP) is 4.06. The van der Waals surface area contributed by atoms with Gasteiger partial charge in [-0.2, -0.15) is 0 Å². The average Bonchev–Trinajstić information content (AvgIpc) is 3.18. The Hall–Kier alpha value is -2.80. The van der Waals surface area contributed by atoms with Gasteiger partial charge in [-0.1, -0.05) is 13.0 Å². The molecule has 0 N–H and O–H groups in total. The first-order valence-electron chi connectivity index (χ1n) is 8.99. The lowest BCUT2D eigenvalue weighted by Gasteiger charge is -2.19. The molecule has 0 aromatic carbocycles. The Labute approximate surface area is 162 Å². The van der Waals surface area contributed by atoms with Gasteiger partial charge >= 0.3 is 0 Å². The third-order valence-electron chi connectivity index (χ3n) is 4.54. The SMILES string of the molecule is CCc1cc(N(C)Cc2c(C)nc3sc(C)cn23)nc(-c2ccccn2)n1. The van der Waals surface area contributed by atoms with Crippen molar-refractivity contribution in [3.05, 3.63) is 58.6 Å². The molecule has 0 bridgehead atoms. The lowest BCUT2D eigenvalue weighted by molar-refractivity contribution is 0.837. The van der Waals surface area contributed by atoms with Crippen molar-refractivity contribution in [2.75, 3.05) is 11.9 Å². The number of hydrogen-bond donors (Lipinski definition) is 0. The molecule has 7 heteroatoms. The van der Waals surface area contributed by atoms with Crippen LogP contribution in [0.4, 0.5) is 5.82 Å². The van der Waals surface area contributed by atoms with E-state index in [-0.39, 0.29) is 0 Å². The van der Waals surface area contributed by atoms with Gasteiger partial charge in [-0.15, -0.1) is 11.3 Å². The van der Waals surface area contributed by atoms with Crippen molar-refractivity contribution in [2.45, 2.75) is 33.7 Å². The van der Waals surface area contributed by atoms with E-state index in [4.69, 9.17) is 9.97 Å². The van der Waals surface area contributed by atoms with E-state index < -0.39 is 0 Å². The Morgan fingerprint density at radius 2 is 2.00 bits per heavy atom. The largest absolute Gasteiger partial charge is 0.354 e. The third-order valence-corrected chi connectivity index (χ3v) is 5.44. The van der Waals surface area contributed by atoms with Crippen LogP contribution in [0.2, 0.25) is 0 Å². The van der Waals surface area contributed by atoms with Gasteiger partial charge in [-0.05, 0) is 32.4 Å². The van der Waals surface area contributed by atoms with E-state index in [0.29, 0.717) is 5.82 Å². The summed E-state index contributed by atoms with van der Waals surface area (Å²) >= 11 is 1.72. The van der Waals surface area contributed by atoms with E-state index in [1.807, 2.05) is 18.2 Å². The van der Waals surface area contributed by atoms with Crippen LogP contribution < -0.4 is 4.90 Å². The minimum Gasteiger partial charge on any atom is -0.354 e. The van der Waals surface area contributed by atoms with Crippen LogP contribution >= 0.6 is 11.3 Å². The summed E-state index contributed by atoms with van der Waals surface area (Å²) in [5.41, 5.74) is 4.04. The molecule has 138 valence electrons. The smallest absolute Gasteiger partial charge is 0.194 e. The lowest BCUT2D eigenvalue weighted by Crippen LogP contribution is -2.20. The van der Waals surface area contributed by atoms with Crippen molar-refractivity contribution in [2.24, 2.45) is 0 Å². The summed E-state index contributed by atoms with van der Waals surface area (Å²) in [6, 6.07) is 7.85. The minimum atomic E-state index is 0.665. The molecule has 0 aliphatic heterocycles. The quantitative estimate of drug-likeness (QED) is 0.524. The summed E-state index contributed by atoms with van der Waals surface area (Å²) in [7, 11) is 2.06. The zero-order chi connectivity index (χ0) is 19.0. The topological polar surface area (TPSA) is 59.2 Å². The Kier molecular flexibility index (Phi) is 4.61. The van der Waals surface area contributed by atoms with Crippen molar-refractivity contribution in [1.29, 1.82) is 0 Å². The van der Waals surface area contributed by atoms with Crippen LogP contribution in [0.25, 0.3) is 16.5 Å². The van der Waals surface area contributed by atoms with E-state index in [9.17, 15) is 0 Å². The number of nitrogens with zero attached hydrogens (tertiary/aromatic N) is 6. The molecular formula is C20H22N6S. The molecule has 0 spiro atoms.